The molecule has 0 saturated heterocycles. The van der Waals surface area contributed by atoms with Crippen LogP contribution in [-0.4, -0.2) is 46.3 Å². The minimum Gasteiger partial charge on any atom is -0.356 e. The van der Waals surface area contributed by atoms with E-state index in [0.29, 0.717) is 18.4 Å². The van der Waals surface area contributed by atoms with Crippen LogP contribution in [0, 0.1) is 5.92 Å². The molecule has 8 heteroatoms. The van der Waals surface area contributed by atoms with E-state index in [-0.39, 0.29) is 0 Å². The van der Waals surface area contributed by atoms with Gasteiger partial charge >= 0.3 is 0 Å². The Morgan fingerprint density at radius 3 is 2.54 bits per heavy atom. The van der Waals surface area contributed by atoms with Crippen molar-refractivity contribution in [2.45, 2.75) is 39.2 Å². The van der Waals surface area contributed by atoms with Gasteiger partial charge in [0.05, 0.1) is 6.26 Å². The third-order valence-corrected chi connectivity index (χ3v) is 5.35. The van der Waals surface area contributed by atoms with Crippen molar-refractivity contribution in [2.24, 2.45) is 10.9 Å². The van der Waals surface area contributed by atoms with Crippen molar-refractivity contribution in [3.63, 3.8) is 0 Å². The van der Waals surface area contributed by atoms with E-state index in [2.05, 4.69) is 61.4 Å². The van der Waals surface area contributed by atoms with Gasteiger partial charge in [-0.05, 0) is 43.9 Å². The van der Waals surface area contributed by atoms with E-state index in [1.54, 1.807) is 7.05 Å². The lowest BCUT2D eigenvalue weighted by Crippen LogP contribution is -2.53. The van der Waals surface area contributed by atoms with Crippen molar-refractivity contribution in [2.75, 3.05) is 26.4 Å². The molecule has 0 fully saturated rings. The van der Waals surface area contributed by atoms with Crippen LogP contribution in [0.25, 0.3) is 0 Å². The van der Waals surface area contributed by atoms with Gasteiger partial charge in [0.25, 0.3) is 0 Å². The first-order valence-corrected chi connectivity index (χ1v) is 11.4. The second-order valence-electron chi connectivity index (χ2n) is 7.17. The van der Waals surface area contributed by atoms with E-state index in [4.69, 9.17) is 0 Å². The van der Waals surface area contributed by atoms with E-state index in [1.807, 2.05) is 19.9 Å². The summed E-state index contributed by atoms with van der Waals surface area (Å²) in [4.78, 5) is 4.22. The highest BCUT2D eigenvalue weighted by molar-refractivity contribution is 9.10. The predicted molar refractivity (Wildman–Crippen MR) is 113 cm³/mol. The summed E-state index contributed by atoms with van der Waals surface area (Å²) in [6.07, 6.45) is 3.20. The van der Waals surface area contributed by atoms with Crippen LogP contribution in [0.5, 0.6) is 0 Å². The summed E-state index contributed by atoms with van der Waals surface area (Å²) >= 11 is 3.51. The van der Waals surface area contributed by atoms with Gasteiger partial charge in [-0.25, -0.2) is 13.1 Å². The van der Waals surface area contributed by atoms with Crippen LogP contribution in [-0.2, 0) is 16.4 Å². The number of halogens is 1. The maximum Gasteiger partial charge on any atom is 0.209 e. The van der Waals surface area contributed by atoms with Crippen LogP contribution in [0.2, 0.25) is 0 Å². The Balaban J connectivity index is 2.54. The van der Waals surface area contributed by atoms with E-state index in [1.165, 1.54) is 5.56 Å². The second kappa shape index (κ2) is 10.3. The number of aliphatic imine (C=N–C) groups is 1. The summed E-state index contributed by atoms with van der Waals surface area (Å²) in [5, 5.41) is 6.53. The molecule has 0 aliphatic carbocycles. The Morgan fingerprint density at radius 2 is 2.00 bits per heavy atom. The predicted octanol–water partition coefficient (Wildman–Crippen LogP) is 2.51. The van der Waals surface area contributed by atoms with Crippen LogP contribution in [0.3, 0.4) is 0 Å². The average Bonchev–Trinajstić information content (AvgIpc) is 2.51. The van der Waals surface area contributed by atoms with Gasteiger partial charge in [-0.15, -0.1) is 0 Å². The molecule has 0 amide bonds. The van der Waals surface area contributed by atoms with Crippen molar-refractivity contribution in [1.29, 1.82) is 0 Å². The van der Waals surface area contributed by atoms with Crippen LogP contribution in [0.4, 0.5) is 0 Å². The lowest BCUT2D eigenvalue weighted by molar-refractivity contribution is 0.443. The SMILES string of the molecule is CCC(CNC(=NC)NCC(C)(C)NS(C)(=O)=O)Cc1cccc(Br)c1. The molecule has 0 radical (unpaired) electrons. The fourth-order valence-electron chi connectivity index (χ4n) is 2.66. The molecule has 1 aromatic rings. The number of rotatable bonds is 9. The molecule has 1 rings (SSSR count). The van der Waals surface area contributed by atoms with Gasteiger partial charge in [-0.3, -0.25) is 4.99 Å². The molecule has 1 atom stereocenters. The zero-order valence-electron chi connectivity index (χ0n) is 16.3. The Labute approximate surface area is 166 Å². The third kappa shape index (κ3) is 9.54. The van der Waals surface area contributed by atoms with Gasteiger partial charge in [-0.2, -0.15) is 0 Å². The molecule has 148 valence electrons. The summed E-state index contributed by atoms with van der Waals surface area (Å²) in [6, 6.07) is 8.37. The Bertz CT molecular complexity index is 705. The fraction of sp³-hybridized carbons (Fsp3) is 0.611. The molecule has 0 saturated carbocycles. The molecule has 0 aliphatic rings. The van der Waals surface area contributed by atoms with Crippen LogP contribution in [0.1, 0.15) is 32.8 Å². The first kappa shape index (κ1) is 22.9. The van der Waals surface area contributed by atoms with E-state index < -0.39 is 15.6 Å². The highest BCUT2D eigenvalue weighted by atomic mass is 79.9. The lowest BCUT2D eigenvalue weighted by atomic mass is 9.97. The number of guanidine groups is 1. The minimum atomic E-state index is -3.26. The zero-order valence-corrected chi connectivity index (χ0v) is 18.7. The molecule has 0 bridgehead atoms. The molecule has 26 heavy (non-hydrogen) atoms. The van der Waals surface area contributed by atoms with Crippen molar-refractivity contribution in [1.82, 2.24) is 15.4 Å². The van der Waals surface area contributed by atoms with Crippen molar-refractivity contribution < 1.29 is 8.42 Å². The smallest absolute Gasteiger partial charge is 0.209 e. The molecule has 0 aromatic heterocycles. The topological polar surface area (TPSA) is 82.6 Å². The van der Waals surface area contributed by atoms with Gasteiger partial charge in [0.1, 0.15) is 0 Å². The second-order valence-corrected chi connectivity index (χ2v) is 9.84. The van der Waals surface area contributed by atoms with Crippen LogP contribution >= 0.6 is 15.9 Å². The summed E-state index contributed by atoms with van der Waals surface area (Å²) in [5.41, 5.74) is 0.695. The molecular weight excluding hydrogens is 416 g/mol. The standard InChI is InChI=1S/C18H31BrN4O2S/c1-6-14(10-15-8-7-9-16(19)11-15)12-21-17(20-4)22-13-18(2,3)23-26(5,24)25/h7-9,11,14,23H,6,10,12-13H2,1-5H3,(H2,20,21,22). The number of hydrogen-bond acceptors (Lipinski definition) is 3. The van der Waals surface area contributed by atoms with Crippen molar-refractivity contribution >= 4 is 31.9 Å². The maximum absolute atomic E-state index is 11.4. The number of sulfonamides is 1. The average molecular weight is 447 g/mol. The summed E-state index contributed by atoms with van der Waals surface area (Å²) < 4.78 is 26.6. The molecule has 0 aliphatic heterocycles. The third-order valence-electron chi connectivity index (χ3n) is 3.93. The van der Waals surface area contributed by atoms with Crippen molar-refractivity contribution in [3.05, 3.63) is 34.3 Å². The normalized spacial score (nSPS) is 14.2. The van der Waals surface area contributed by atoms with Gasteiger partial charge in [-0.1, -0.05) is 41.4 Å². The van der Waals surface area contributed by atoms with Gasteiger partial charge in [0.2, 0.25) is 10.0 Å². The maximum atomic E-state index is 11.4. The Kier molecular flexibility index (Phi) is 9.06. The van der Waals surface area contributed by atoms with Crippen molar-refractivity contribution in [3.8, 4) is 0 Å². The number of nitrogens with zero attached hydrogens (tertiary/aromatic N) is 1. The van der Waals surface area contributed by atoms with Crippen LogP contribution < -0.4 is 15.4 Å². The number of hydrogen-bond donors (Lipinski definition) is 3. The number of benzene rings is 1. The number of nitrogens with one attached hydrogen (secondary N) is 3. The van der Waals surface area contributed by atoms with Gasteiger partial charge < -0.3 is 10.6 Å². The van der Waals surface area contributed by atoms with Gasteiger partial charge in [0, 0.05) is 30.1 Å². The first-order valence-electron chi connectivity index (χ1n) is 8.72. The Hall–Kier alpha value is -1.12. The molecule has 1 aromatic carbocycles. The summed E-state index contributed by atoms with van der Waals surface area (Å²) in [7, 11) is -1.55. The quantitative estimate of drug-likeness (QED) is 0.401. The molecule has 1 unspecified atom stereocenters. The highest BCUT2D eigenvalue weighted by Crippen LogP contribution is 2.16. The van der Waals surface area contributed by atoms with E-state index in [9.17, 15) is 8.42 Å². The molecule has 6 nitrogen and oxygen atoms in total. The fourth-order valence-corrected chi connectivity index (χ4v) is 4.18. The molecular formula is C18H31BrN4O2S. The minimum absolute atomic E-state index is 0.433. The molecule has 0 spiro atoms. The Morgan fingerprint density at radius 1 is 1.31 bits per heavy atom. The zero-order chi connectivity index (χ0) is 19.8. The lowest BCUT2D eigenvalue weighted by Gasteiger charge is -2.27. The summed E-state index contributed by atoms with van der Waals surface area (Å²) in [5.74, 6) is 1.14. The van der Waals surface area contributed by atoms with Gasteiger partial charge in [0.15, 0.2) is 5.96 Å². The molecule has 0 heterocycles. The largest absolute Gasteiger partial charge is 0.356 e. The monoisotopic (exact) mass is 446 g/mol. The van der Waals surface area contributed by atoms with E-state index in [0.717, 1.165) is 30.1 Å². The van der Waals surface area contributed by atoms with Crippen LogP contribution in [0.15, 0.2) is 33.7 Å². The van der Waals surface area contributed by atoms with E-state index >= 15 is 0 Å². The highest BCUT2D eigenvalue weighted by Gasteiger charge is 2.22. The first-order chi connectivity index (χ1) is 12.0. The molecule has 3 N–H and O–H groups in total. The summed E-state index contributed by atoms with van der Waals surface area (Å²) in [6.45, 7) is 7.07.